The first kappa shape index (κ1) is 30.0. The Balaban J connectivity index is 1.27. The smallest absolute Gasteiger partial charge is 0.251 e. The number of piperidine rings is 1. The quantitative estimate of drug-likeness (QED) is 0.285. The van der Waals surface area contributed by atoms with Gasteiger partial charge in [-0.05, 0) is 95.1 Å². The Morgan fingerprint density at radius 1 is 1.07 bits per heavy atom. The monoisotopic (exact) mass is 584 g/mol. The minimum Gasteiger partial charge on any atom is -0.492 e. The van der Waals surface area contributed by atoms with Crippen LogP contribution in [0.3, 0.4) is 0 Å². The van der Waals surface area contributed by atoms with Crippen LogP contribution in [0.1, 0.15) is 63.7 Å². The maximum absolute atomic E-state index is 13.4. The Labute approximate surface area is 252 Å². The third-order valence-corrected chi connectivity index (χ3v) is 8.28. The van der Waals surface area contributed by atoms with E-state index in [0.717, 1.165) is 44.6 Å². The lowest BCUT2D eigenvalue weighted by Crippen LogP contribution is -2.43. The molecule has 10 heteroatoms. The largest absolute Gasteiger partial charge is 0.492 e. The number of hydrogen-bond donors (Lipinski definition) is 3. The molecule has 1 aliphatic carbocycles. The Hall–Kier alpha value is -4.44. The van der Waals surface area contributed by atoms with Crippen molar-refractivity contribution < 1.29 is 19.1 Å². The molecule has 5 rings (SSSR count). The summed E-state index contributed by atoms with van der Waals surface area (Å²) in [5, 5.41) is 6.48. The number of hydrogen-bond acceptors (Lipinski definition) is 8. The Morgan fingerprint density at radius 3 is 2.60 bits per heavy atom. The first-order valence-electron chi connectivity index (χ1n) is 14.8. The summed E-state index contributed by atoms with van der Waals surface area (Å²) in [7, 11) is 3.97. The number of fused-ring (bicyclic) bond motifs is 1. The van der Waals surface area contributed by atoms with Crippen LogP contribution in [-0.4, -0.2) is 73.4 Å². The fraction of sp³-hybridized carbons (Fsp3) is 0.394. The summed E-state index contributed by atoms with van der Waals surface area (Å²) < 4.78 is 5.84. The summed E-state index contributed by atoms with van der Waals surface area (Å²) in [6.45, 7) is 3.77. The normalized spacial score (nSPS) is 19.5. The van der Waals surface area contributed by atoms with E-state index in [4.69, 9.17) is 10.5 Å². The highest BCUT2D eigenvalue weighted by atomic mass is 16.5. The highest BCUT2D eigenvalue weighted by molar-refractivity contribution is 6.02. The van der Waals surface area contributed by atoms with Gasteiger partial charge in [0.05, 0.1) is 11.3 Å². The number of nitrogens with zero attached hydrogens (tertiary/aromatic N) is 3. The summed E-state index contributed by atoms with van der Waals surface area (Å²) in [6, 6.07) is 16.4. The topological polar surface area (TPSA) is 130 Å². The third-order valence-electron chi connectivity index (χ3n) is 8.28. The maximum Gasteiger partial charge on any atom is 0.251 e. The number of carbonyl (C=O) groups excluding carboxylic acids is 3. The number of carbonyl (C=O) groups is 3. The molecule has 43 heavy (non-hydrogen) atoms. The molecule has 0 bridgehead atoms. The van der Waals surface area contributed by atoms with Crippen molar-refractivity contribution in [2.45, 2.75) is 44.7 Å². The van der Waals surface area contributed by atoms with Gasteiger partial charge in [0.15, 0.2) is 5.78 Å². The molecule has 3 unspecified atom stereocenters. The minimum absolute atomic E-state index is 0.000388. The molecule has 4 N–H and O–H groups in total. The number of nitrogens with one attached hydrogen (secondary N) is 2. The van der Waals surface area contributed by atoms with E-state index < -0.39 is 5.91 Å². The van der Waals surface area contributed by atoms with Crippen molar-refractivity contribution in [3.8, 4) is 5.75 Å². The molecule has 10 nitrogen and oxygen atoms in total. The molecule has 1 aliphatic heterocycles. The maximum atomic E-state index is 13.4. The first-order chi connectivity index (χ1) is 20.7. The number of nitrogens with two attached hydrogens (primary N) is 1. The van der Waals surface area contributed by atoms with Gasteiger partial charge in [-0.25, -0.2) is 4.98 Å². The van der Waals surface area contributed by atoms with Crippen molar-refractivity contribution >= 4 is 34.8 Å². The van der Waals surface area contributed by atoms with Crippen molar-refractivity contribution in [1.29, 1.82) is 0 Å². The molecular weight excluding hydrogens is 544 g/mol. The van der Waals surface area contributed by atoms with E-state index in [0.29, 0.717) is 46.3 Å². The number of likely N-dealkylation sites (N-methyl/N-ethyl adjacent to an activating group) is 1. The molecule has 1 saturated heterocycles. The van der Waals surface area contributed by atoms with Gasteiger partial charge in [0, 0.05) is 54.3 Å². The number of anilines is 3. The van der Waals surface area contributed by atoms with Gasteiger partial charge in [-0.2, -0.15) is 0 Å². The van der Waals surface area contributed by atoms with E-state index in [2.05, 4.69) is 20.5 Å². The summed E-state index contributed by atoms with van der Waals surface area (Å²) in [4.78, 5) is 46.3. The zero-order chi connectivity index (χ0) is 30.5. The Bertz CT molecular complexity index is 1470. The average Bonchev–Trinajstić information content (AvgIpc) is 3.39. The van der Waals surface area contributed by atoms with E-state index in [1.54, 1.807) is 31.3 Å². The number of amides is 2. The number of pyridine rings is 1. The Kier molecular flexibility index (Phi) is 9.25. The van der Waals surface area contributed by atoms with Crippen LogP contribution in [0.2, 0.25) is 0 Å². The summed E-state index contributed by atoms with van der Waals surface area (Å²) in [5.41, 5.74) is 8.18. The van der Waals surface area contributed by atoms with Crippen LogP contribution < -0.4 is 26.0 Å². The van der Waals surface area contributed by atoms with E-state index >= 15 is 0 Å². The molecule has 2 aromatic carbocycles. The van der Waals surface area contributed by atoms with Crippen molar-refractivity contribution in [3.05, 3.63) is 77.5 Å². The lowest BCUT2D eigenvalue weighted by Gasteiger charge is -2.38. The van der Waals surface area contributed by atoms with Gasteiger partial charge in [-0.1, -0.05) is 6.07 Å². The van der Waals surface area contributed by atoms with E-state index in [9.17, 15) is 14.4 Å². The zero-order valence-corrected chi connectivity index (χ0v) is 25.0. The number of aromatic nitrogens is 1. The standard InChI is InChI=1S/C33H40N6O4/c1-21(40)24-10-12-31(35-20-24)39-13-5-6-22-16-26(19-30(22)39)37-33(42)23-9-11-28(32(34)41)29(17-23)36-25-7-4-8-27(18-25)43-15-14-38(2)3/h4,7-12,17-18,20,22,26,30,36H,5-6,13-16,19H2,1-3H3,(H2,34,41)(H,37,42). The van der Waals surface area contributed by atoms with E-state index in [-0.39, 0.29) is 23.8 Å². The second kappa shape index (κ2) is 13.2. The lowest BCUT2D eigenvalue weighted by molar-refractivity contribution is 0.0934. The molecule has 0 spiro atoms. The van der Waals surface area contributed by atoms with Crippen LogP contribution in [0.25, 0.3) is 0 Å². The molecule has 1 saturated carbocycles. The van der Waals surface area contributed by atoms with Crippen molar-refractivity contribution in [2.75, 3.05) is 44.0 Å². The molecular formula is C33H40N6O4. The fourth-order valence-corrected chi connectivity index (χ4v) is 6.09. The molecule has 2 heterocycles. The molecule has 0 radical (unpaired) electrons. The molecule has 2 fully saturated rings. The van der Waals surface area contributed by atoms with Crippen LogP contribution in [0, 0.1) is 5.92 Å². The van der Waals surface area contributed by atoms with Gasteiger partial charge < -0.3 is 30.9 Å². The van der Waals surface area contributed by atoms with Crippen LogP contribution in [0.5, 0.6) is 5.75 Å². The molecule has 1 aromatic heterocycles. The second-order valence-electron chi connectivity index (χ2n) is 11.7. The molecule has 3 aromatic rings. The molecule has 3 atom stereocenters. The summed E-state index contributed by atoms with van der Waals surface area (Å²) >= 11 is 0. The van der Waals surface area contributed by atoms with Gasteiger partial charge in [-0.3, -0.25) is 14.4 Å². The predicted molar refractivity (Wildman–Crippen MR) is 167 cm³/mol. The molecule has 2 aliphatic rings. The lowest BCUT2D eigenvalue weighted by atomic mass is 9.92. The van der Waals surface area contributed by atoms with Gasteiger partial charge >= 0.3 is 0 Å². The number of ether oxygens (including phenoxy) is 1. The van der Waals surface area contributed by atoms with Gasteiger partial charge in [-0.15, -0.1) is 0 Å². The summed E-state index contributed by atoms with van der Waals surface area (Å²) in [6.07, 6.45) is 5.52. The third kappa shape index (κ3) is 7.32. The average molecular weight is 585 g/mol. The number of Topliss-reactive ketones (excluding diaryl/α,β-unsaturated/α-hetero) is 1. The van der Waals surface area contributed by atoms with Gasteiger partial charge in [0.1, 0.15) is 18.2 Å². The number of ketones is 1. The predicted octanol–water partition coefficient (Wildman–Crippen LogP) is 4.24. The van der Waals surface area contributed by atoms with E-state index in [1.165, 1.54) is 0 Å². The SMILES string of the molecule is CC(=O)c1ccc(N2CCCC3CC(NC(=O)c4ccc(C(N)=O)c(Nc5cccc(OCCN(C)C)c5)c4)CC32)nc1. The summed E-state index contributed by atoms with van der Waals surface area (Å²) in [5.74, 6) is 1.24. The minimum atomic E-state index is -0.585. The van der Waals surface area contributed by atoms with Gasteiger partial charge in [0.25, 0.3) is 11.8 Å². The molecule has 2 amide bonds. The first-order valence-corrected chi connectivity index (χ1v) is 14.8. The van der Waals surface area contributed by atoms with Crippen LogP contribution >= 0.6 is 0 Å². The van der Waals surface area contributed by atoms with Gasteiger partial charge in [0.2, 0.25) is 0 Å². The van der Waals surface area contributed by atoms with Crippen molar-refractivity contribution in [3.63, 3.8) is 0 Å². The van der Waals surface area contributed by atoms with Crippen LogP contribution in [-0.2, 0) is 0 Å². The fourth-order valence-electron chi connectivity index (χ4n) is 6.09. The number of primary amides is 1. The highest BCUT2D eigenvalue weighted by Crippen LogP contribution is 2.39. The van der Waals surface area contributed by atoms with E-state index in [1.807, 2.05) is 55.4 Å². The van der Waals surface area contributed by atoms with Crippen LogP contribution in [0.15, 0.2) is 60.8 Å². The van der Waals surface area contributed by atoms with Crippen LogP contribution in [0.4, 0.5) is 17.2 Å². The number of rotatable bonds is 11. The zero-order valence-electron chi connectivity index (χ0n) is 25.0. The highest BCUT2D eigenvalue weighted by Gasteiger charge is 2.41. The van der Waals surface area contributed by atoms with Crippen molar-refractivity contribution in [1.82, 2.24) is 15.2 Å². The van der Waals surface area contributed by atoms with Crippen molar-refractivity contribution in [2.24, 2.45) is 11.7 Å². The molecule has 226 valence electrons. The Morgan fingerprint density at radius 2 is 1.88 bits per heavy atom. The second-order valence-corrected chi connectivity index (χ2v) is 11.7. The number of benzene rings is 2.